The van der Waals surface area contributed by atoms with Gasteiger partial charge < -0.3 is 0 Å². The molecule has 1 aromatic heterocycles. The Balaban J connectivity index is 1.91. The van der Waals surface area contributed by atoms with Crippen molar-refractivity contribution in [1.82, 2.24) is 0 Å². The van der Waals surface area contributed by atoms with Gasteiger partial charge in [-0.3, -0.25) is 4.79 Å². The number of benzene rings is 2. The van der Waals surface area contributed by atoms with Gasteiger partial charge in [0.25, 0.3) is 0 Å². The van der Waals surface area contributed by atoms with Crippen LogP contribution in [0.2, 0.25) is 0 Å². The van der Waals surface area contributed by atoms with E-state index in [4.69, 9.17) is 0 Å². The molecule has 20 heavy (non-hydrogen) atoms. The highest BCUT2D eigenvalue weighted by atomic mass is 32.1. The van der Waals surface area contributed by atoms with Crippen molar-refractivity contribution in [2.45, 2.75) is 19.8 Å². The first-order chi connectivity index (χ1) is 9.78. The highest BCUT2D eigenvalue weighted by Gasteiger charge is 2.12. The van der Waals surface area contributed by atoms with Gasteiger partial charge in [-0.25, -0.2) is 0 Å². The van der Waals surface area contributed by atoms with E-state index in [1.165, 1.54) is 10.3 Å². The smallest absolute Gasteiger partial charge is 0.202 e. The fourth-order valence-corrected chi connectivity index (χ4v) is 3.37. The number of aryl methyl sites for hydroxylation is 1. The van der Waals surface area contributed by atoms with Gasteiger partial charge >= 0.3 is 0 Å². The summed E-state index contributed by atoms with van der Waals surface area (Å²) in [5.41, 5.74) is 2.07. The molecule has 0 atom stereocenters. The molecule has 0 aliphatic carbocycles. The average Bonchev–Trinajstić information content (AvgIpc) is 2.91. The highest BCUT2D eigenvalue weighted by Crippen LogP contribution is 2.27. The molecule has 100 valence electrons. The van der Waals surface area contributed by atoms with E-state index in [0.717, 1.165) is 28.7 Å². The van der Waals surface area contributed by atoms with E-state index in [9.17, 15) is 4.79 Å². The number of hydrogen-bond donors (Lipinski definition) is 0. The van der Waals surface area contributed by atoms with Gasteiger partial charge in [0.15, 0.2) is 0 Å². The van der Waals surface area contributed by atoms with Crippen LogP contribution >= 0.6 is 11.3 Å². The molecular weight excluding hydrogens is 264 g/mol. The SMILES string of the molecule is CCCc1ccc(C(=O)c2cc3ccccc3s2)cc1. The molecule has 0 aliphatic rings. The van der Waals surface area contributed by atoms with Crippen molar-refractivity contribution in [1.29, 1.82) is 0 Å². The Morgan fingerprint density at radius 3 is 2.50 bits per heavy atom. The number of hydrogen-bond acceptors (Lipinski definition) is 2. The number of thiophene rings is 1. The number of carbonyl (C=O) groups excluding carboxylic acids is 1. The van der Waals surface area contributed by atoms with E-state index in [2.05, 4.69) is 25.1 Å². The summed E-state index contributed by atoms with van der Waals surface area (Å²) in [6, 6.07) is 18.1. The third-order valence-electron chi connectivity index (χ3n) is 3.40. The van der Waals surface area contributed by atoms with Crippen LogP contribution in [-0.4, -0.2) is 5.78 Å². The predicted molar refractivity (Wildman–Crippen MR) is 85.7 cm³/mol. The minimum atomic E-state index is 0.120. The first-order valence-corrected chi connectivity index (χ1v) is 7.72. The van der Waals surface area contributed by atoms with Crippen molar-refractivity contribution in [3.63, 3.8) is 0 Å². The highest BCUT2D eigenvalue weighted by molar-refractivity contribution is 7.21. The molecule has 1 nitrogen and oxygen atoms in total. The fraction of sp³-hybridized carbons (Fsp3) is 0.167. The molecule has 0 spiro atoms. The van der Waals surface area contributed by atoms with Gasteiger partial charge in [-0.15, -0.1) is 11.3 Å². The lowest BCUT2D eigenvalue weighted by Crippen LogP contribution is -1.98. The molecule has 0 fully saturated rings. The van der Waals surface area contributed by atoms with Crippen LogP contribution in [0, 0.1) is 0 Å². The summed E-state index contributed by atoms with van der Waals surface area (Å²) in [4.78, 5) is 13.3. The van der Waals surface area contributed by atoms with Gasteiger partial charge in [-0.2, -0.15) is 0 Å². The molecule has 0 bridgehead atoms. The molecule has 2 aromatic carbocycles. The molecular formula is C18H16OS. The maximum atomic E-state index is 12.5. The molecule has 0 aliphatic heterocycles. The first-order valence-electron chi connectivity index (χ1n) is 6.90. The number of carbonyl (C=O) groups is 1. The predicted octanol–water partition coefficient (Wildman–Crippen LogP) is 5.08. The molecule has 1 heterocycles. The molecule has 0 N–H and O–H groups in total. The molecule has 2 heteroatoms. The quantitative estimate of drug-likeness (QED) is 0.609. The molecule has 3 aromatic rings. The second-order valence-electron chi connectivity index (χ2n) is 4.92. The van der Waals surface area contributed by atoms with Crippen molar-refractivity contribution in [3.05, 3.63) is 70.6 Å². The maximum Gasteiger partial charge on any atom is 0.202 e. The molecule has 0 saturated heterocycles. The van der Waals surface area contributed by atoms with E-state index in [0.29, 0.717) is 0 Å². The molecule has 3 rings (SSSR count). The minimum Gasteiger partial charge on any atom is -0.288 e. The Hall–Kier alpha value is -1.93. The van der Waals surface area contributed by atoms with Crippen molar-refractivity contribution >= 4 is 27.2 Å². The molecule has 0 saturated carbocycles. The Morgan fingerprint density at radius 1 is 1.05 bits per heavy atom. The van der Waals surface area contributed by atoms with Crippen LogP contribution in [-0.2, 0) is 6.42 Å². The lowest BCUT2D eigenvalue weighted by Gasteiger charge is -2.01. The molecule has 0 amide bonds. The summed E-state index contributed by atoms with van der Waals surface area (Å²) in [7, 11) is 0. The van der Waals surface area contributed by atoms with Gasteiger partial charge in [-0.05, 0) is 29.5 Å². The van der Waals surface area contributed by atoms with Gasteiger partial charge in [0, 0.05) is 10.3 Å². The van der Waals surface area contributed by atoms with Crippen LogP contribution in [0.4, 0.5) is 0 Å². The van der Waals surface area contributed by atoms with Crippen LogP contribution in [0.15, 0.2) is 54.6 Å². The average molecular weight is 280 g/mol. The van der Waals surface area contributed by atoms with Crippen LogP contribution < -0.4 is 0 Å². The van der Waals surface area contributed by atoms with Gasteiger partial charge in [0.1, 0.15) is 0 Å². The Kier molecular flexibility index (Phi) is 3.66. The maximum absolute atomic E-state index is 12.5. The lowest BCUT2D eigenvalue weighted by atomic mass is 10.0. The molecule has 0 radical (unpaired) electrons. The van der Waals surface area contributed by atoms with Crippen molar-refractivity contribution in [3.8, 4) is 0 Å². The Labute approximate surface area is 122 Å². The van der Waals surface area contributed by atoms with Crippen LogP contribution in [0.25, 0.3) is 10.1 Å². The lowest BCUT2D eigenvalue weighted by molar-refractivity contribution is 0.104. The van der Waals surface area contributed by atoms with E-state index in [1.807, 2.05) is 36.4 Å². The third-order valence-corrected chi connectivity index (χ3v) is 4.52. The van der Waals surface area contributed by atoms with E-state index >= 15 is 0 Å². The first kappa shape index (κ1) is 13.1. The molecule has 0 unspecified atom stereocenters. The van der Waals surface area contributed by atoms with Crippen molar-refractivity contribution in [2.24, 2.45) is 0 Å². The van der Waals surface area contributed by atoms with Gasteiger partial charge in [0.05, 0.1) is 4.88 Å². The van der Waals surface area contributed by atoms with E-state index in [1.54, 1.807) is 11.3 Å². The van der Waals surface area contributed by atoms with Crippen LogP contribution in [0.1, 0.15) is 34.1 Å². The summed E-state index contributed by atoms with van der Waals surface area (Å²) < 4.78 is 1.17. The fourth-order valence-electron chi connectivity index (χ4n) is 2.35. The summed E-state index contributed by atoms with van der Waals surface area (Å²) >= 11 is 1.57. The summed E-state index contributed by atoms with van der Waals surface area (Å²) in [6.45, 7) is 2.16. The zero-order valence-corrected chi connectivity index (χ0v) is 12.2. The largest absolute Gasteiger partial charge is 0.288 e. The van der Waals surface area contributed by atoms with E-state index < -0.39 is 0 Å². The number of rotatable bonds is 4. The topological polar surface area (TPSA) is 17.1 Å². The minimum absolute atomic E-state index is 0.120. The Morgan fingerprint density at radius 2 is 1.80 bits per heavy atom. The Bertz CT molecular complexity index is 704. The van der Waals surface area contributed by atoms with Crippen LogP contribution in [0.3, 0.4) is 0 Å². The second-order valence-corrected chi connectivity index (χ2v) is 6.01. The second kappa shape index (κ2) is 5.59. The summed E-state index contributed by atoms with van der Waals surface area (Å²) in [5.74, 6) is 0.120. The van der Waals surface area contributed by atoms with Crippen molar-refractivity contribution in [2.75, 3.05) is 0 Å². The zero-order valence-electron chi connectivity index (χ0n) is 11.4. The monoisotopic (exact) mass is 280 g/mol. The number of ketones is 1. The number of fused-ring (bicyclic) bond motifs is 1. The van der Waals surface area contributed by atoms with Gasteiger partial charge in [0.2, 0.25) is 5.78 Å². The zero-order chi connectivity index (χ0) is 13.9. The summed E-state index contributed by atoms with van der Waals surface area (Å²) in [5, 5.41) is 1.14. The van der Waals surface area contributed by atoms with Crippen LogP contribution in [0.5, 0.6) is 0 Å². The van der Waals surface area contributed by atoms with Gasteiger partial charge in [-0.1, -0.05) is 55.8 Å². The van der Waals surface area contributed by atoms with Crippen molar-refractivity contribution < 1.29 is 4.79 Å². The van der Waals surface area contributed by atoms with E-state index in [-0.39, 0.29) is 5.78 Å². The standard InChI is InChI=1S/C18H16OS/c1-2-5-13-8-10-14(11-9-13)18(19)17-12-15-6-3-4-7-16(15)20-17/h3-4,6-12H,2,5H2,1H3. The third kappa shape index (κ3) is 2.52. The summed E-state index contributed by atoms with van der Waals surface area (Å²) in [6.07, 6.45) is 2.20. The normalized spacial score (nSPS) is 10.8.